The fourth-order valence-corrected chi connectivity index (χ4v) is 3.42. The van der Waals surface area contributed by atoms with E-state index in [1.165, 1.54) is 24.8 Å². The van der Waals surface area contributed by atoms with Crippen LogP contribution in [0.4, 0.5) is 0 Å². The van der Waals surface area contributed by atoms with E-state index < -0.39 is 0 Å². The monoisotopic (exact) mass is 274 g/mol. The molecule has 1 fully saturated rings. The van der Waals surface area contributed by atoms with Crippen LogP contribution in [-0.4, -0.2) is 18.5 Å². The van der Waals surface area contributed by atoms with Crippen LogP contribution in [0, 0.1) is 5.41 Å². The lowest BCUT2D eigenvalue weighted by Crippen LogP contribution is -2.33. The van der Waals surface area contributed by atoms with Crippen LogP contribution in [0.15, 0.2) is 16.8 Å². The lowest BCUT2D eigenvalue weighted by Gasteiger charge is -2.35. The molecule has 3 heteroatoms. The molecule has 1 aromatic heterocycles. The number of hydrogen-bond donors (Lipinski definition) is 0. The summed E-state index contributed by atoms with van der Waals surface area (Å²) >= 11 is 5.45. The Morgan fingerprint density at radius 3 is 2.79 bits per heavy atom. The Hall–Kier alpha value is 0.140. The van der Waals surface area contributed by atoms with E-state index in [-0.39, 0.29) is 0 Å². The molecule has 14 heavy (non-hydrogen) atoms. The molecule has 1 aliphatic heterocycles. The molecule has 1 aromatic rings. The highest BCUT2D eigenvalue weighted by Gasteiger charge is 2.31. The minimum atomic E-state index is 0.444. The first-order valence-electron chi connectivity index (χ1n) is 4.99. The van der Waals surface area contributed by atoms with Gasteiger partial charge in [0.2, 0.25) is 0 Å². The Balaban J connectivity index is 2.04. The van der Waals surface area contributed by atoms with Crippen molar-refractivity contribution in [3.05, 3.63) is 22.4 Å². The van der Waals surface area contributed by atoms with Gasteiger partial charge in [0.25, 0.3) is 0 Å². The molecular formula is C11H15BrOS. The molecule has 1 saturated heterocycles. The molecule has 0 amide bonds. The molecule has 0 aliphatic carbocycles. The van der Waals surface area contributed by atoms with Gasteiger partial charge in [-0.1, -0.05) is 15.9 Å². The molecule has 1 aliphatic rings. The second kappa shape index (κ2) is 4.77. The molecule has 0 unspecified atom stereocenters. The lowest BCUT2D eigenvalue weighted by atomic mass is 9.78. The van der Waals surface area contributed by atoms with E-state index in [0.29, 0.717) is 5.41 Å². The summed E-state index contributed by atoms with van der Waals surface area (Å²) in [6.45, 7) is 1.85. The number of rotatable bonds is 3. The minimum Gasteiger partial charge on any atom is -0.381 e. The van der Waals surface area contributed by atoms with Crippen molar-refractivity contribution in [2.75, 3.05) is 18.5 Å². The quantitative estimate of drug-likeness (QED) is 0.767. The normalized spacial score (nSPS) is 20.9. The fraction of sp³-hybridized carbons (Fsp3) is 0.636. The highest BCUT2D eigenvalue weighted by molar-refractivity contribution is 9.09. The van der Waals surface area contributed by atoms with Crippen LogP contribution < -0.4 is 0 Å². The van der Waals surface area contributed by atoms with Gasteiger partial charge in [-0.2, -0.15) is 11.3 Å². The number of alkyl halides is 1. The van der Waals surface area contributed by atoms with E-state index in [4.69, 9.17) is 4.74 Å². The molecule has 0 atom stereocenters. The molecule has 1 nitrogen and oxygen atoms in total. The van der Waals surface area contributed by atoms with E-state index in [2.05, 4.69) is 32.8 Å². The number of halogens is 1. The Labute approximate surface area is 97.6 Å². The first kappa shape index (κ1) is 10.7. The lowest BCUT2D eigenvalue weighted by molar-refractivity contribution is 0.0270. The molecule has 0 N–H and O–H groups in total. The second-order valence-electron chi connectivity index (χ2n) is 4.05. The van der Waals surface area contributed by atoms with E-state index in [1.54, 1.807) is 11.3 Å². The summed E-state index contributed by atoms with van der Waals surface area (Å²) in [5, 5.41) is 5.52. The smallest absolute Gasteiger partial charge is 0.0471 e. The summed E-state index contributed by atoms with van der Waals surface area (Å²) in [5.41, 5.74) is 1.93. The fourth-order valence-electron chi connectivity index (χ4n) is 1.99. The maximum atomic E-state index is 5.43. The summed E-state index contributed by atoms with van der Waals surface area (Å²) in [5.74, 6) is 0. The molecule has 0 aromatic carbocycles. The van der Waals surface area contributed by atoms with Crippen LogP contribution in [0.2, 0.25) is 0 Å². The summed E-state index contributed by atoms with van der Waals surface area (Å²) in [6, 6.07) is 2.24. The van der Waals surface area contributed by atoms with Gasteiger partial charge in [0.1, 0.15) is 0 Å². The van der Waals surface area contributed by atoms with Gasteiger partial charge in [-0.05, 0) is 47.1 Å². The van der Waals surface area contributed by atoms with Crippen molar-refractivity contribution in [1.82, 2.24) is 0 Å². The van der Waals surface area contributed by atoms with Gasteiger partial charge in [-0.25, -0.2) is 0 Å². The highest BCUT2D eigenvalue weighted by atomic mass is 79.9. The van der Waals surface area contributed by atoms with Crippen molar-refractivity contribution >= 4 is 27.3 Å². The zero-order valence-electron chi connectivity index (χ0n) is 8.17. The van der Waals surface area contributed by atoms with Crippen LogP contribution in [0.3, 0.4) is 0 Å². The maximum absolute atomic E-state index is 5.43. The summed E-state index contributed by atoms with van der Waals surface area (Å²) < 4.78 is 5.43. The number of thiophene rings is 1. The Morgan fingerprint density at radius 1 is 1.43 bits per heavy atom. The largest absolute Gasteiger partial charge is 0.381 e. The van der Waals surface area contributed by atoms with Gasteiger partial charge >= 0.3 is 0 Å². The van der Waals surface area contributed by atoms with Crippen LogP contribution in [0.25, 0.3) is 0 Å². The average Bonchev–Trinajstić information content (AvgIpc) is 2.72. The van der Waals surface area contributed by atoms with Gasteiger partial charge in [-0.3, -0.25) is 0 Å². The third-order valence-corrected chi connectivity index (χ3v) is 4.92. The number of hydrogen-bond acceptors (Lipinski definition) is 2. The summed E-state index contributed by atoms with van der Waals surface area (Å²) in [7, 11) is 0. The van der Waals surface area contributed by atoms with Crippen molar-refractivity contribution in [3.8, 4) is 0 Å². The van der Waals surface area contributed by atoms with Gasteiger partial charge in [0.05, 0.1) is 0 Å². The van der Waals surface area contributed by atoms with Crippen molar-refractivity contribution in [2.45, 2.75) is 19.3 Å². The standard InChI is InChI=1S/C11H15BrOS/c12-9-11(2-4-13-5-3-11)7-10-1-6-14-8-10/h1,6,8H,2-5,7,9H2. The molecular weight excluding hydrogens is 260 g/mol. The molecule has 0 bridgehead atoms. The minimum absolute atomic E-state index is 0.444. The van der Waals surface area contributed by atoms with E-state index in [9.17, 15) is 0 Å². The molecule has 0 spiro atoms. The van der Waals surface area contributed by atoms with Crippen LogP contribution in [0.5, 0.6) is 0 Å². The van der Waals surface area contributed by atoms with Gasteiger partial charge in [0.15, 0.2) is 0 Å². The van der Waals surface area contributed by atoms with Crippen molar-refractivity contribution < 1.29 is 4.74 Å². The highest BCUT2D eigenvalue weighted by Crippen LogP contribution is 2.36. The SMILES string of the molecule is BrCC1(Cc2ccsc2)CCOCC1. The Morgan fingerprint density at radius 2 is 2.21 bits per heavy atom. The van der Waals surface area contributed by atoms with Crippen LogP contribution >= 0.6 is 27.3 Å². The molecule has 0 radical (unpaired) electrons. The van der Waals surface area contributed by atoms with E-state index in [0.717, 1.165) is 18.5 Å². The summed E-state index contributed by atoms with van der Waals surface area (Å²) in [6.07, 6.45) is 3.58. The zero-order valence-corrected chi connectivity index (χ0v) is 10.6. The maximum Gasteiger partial charge on any atom is 0.0471 e. The van der Waals surface area contributed by atoms with Crippen molar-refractivity contribution in [3.63, 3.8) is 0 Å². The van der Waals surface area contributed by atoms with E-state index >= 15 is 0 Å². The van der Waals surface area contributed by atoms with E-state index in [1.807, 2.05) is 0 Å². The molecule has 0 saturated carbocycles. The molecule has 2 heterocycles. The third-order valence-electron chi connectivity index (χ3n) is 3.00. The summed E-state index contributed by atoms with van der Waals surface area (Å²) in [4.78, 5) is 0. The second-order valence-corrected chi connectivity index (χ2v) is 5.40. The van der Waals surface area contributed by atoms with Crippen LogP contribution in [0.1, 0.15) is 18.4 Å². The predicted molar refractivity (Wildman–Crippen MR) is 64.3 cm³/mol. The van der Waals surface area contributed by atoms with Gasteiger partial charge < -0.3 is 4.74 Å². The Kier molecular flexibility index (Phi) is 3.63. The topological polar surface area (TPSA) is 9.23 Å². The first-order chi connectivity index (χ1) is 6.85. The Bertz CT molecular complexity index is 265. The van der Waals surface area contributed by atoms with Crippen molar-refractivity contribution in [2.24, 2.45) is 5.41 Å². The van der Waals surface area contributed by atoms with Gasteiger partial charge in [-0.15, -0.1) is 0 Å². The number of ether oxygens (including phenoxy) is 1. The molecule has 2 rings (SSSR count). The molecule has 78 valence electrons. The van der Waals surface area contributed by atoms with Crippen molar-refractivity contribution in [1.29, 1.82) is 0 Å². The average molecular weight is 275 g/mol. The van der Waals surface area contributed by atoms with Crippen LogP contribution in [-0.2, 0) is 11.2 Å². The first-order valence-corrected chi connectivity index (χ1v) is 7.06. The predicted octanol–water partition coefficient (Wildman–Crippen LogP) is 3.48. The zero-order chi connectivity index (χ0) is 9.86. The van der Waals surface area contributed by atoms with Gasteiger partial charge in [0, 0.05) is 18.5 Å². The third kappa shape index (κ3) is 2.38.